The summed E-state index contributed by atoms with van der Waals surface area (Å²) in [5.74, 6) is 0.839. The lowest BCUT2D eigenvalue weighted by atomic mass is 10.0. The lowest BCUT2D eigenvalue weighted by molar-refractivity contribution is 0.380. The topological polar surface area (TPSA) is 91.1 Å². The highest BCUT2D eigenvalue weighted by molar-refractivity contribution is 5.66. The molecule has 3 aromatic rings. The molecular weight excluding hydrogens is 378 g/mol. The molecule has 8 nitrogen and oxygen atoms in total. The second-order valence-corrected chi connectivity index (χ2v) is 7.10. The third-order valence-corrected chi connectivity index (χ3v) is 5.27. The van der Waals surface area contributed by atoms with Gasteiger partial charge < -0.3 is 14.5 Å². The Balaban J connectivity index is 1.71. The Morgan fingerprint density at radius 3 is 2.70 bits per heavy atom. The average molecular weight is 401 g/mol. The fourth-order valence-corrected chi connectivity index (χ4v) is 3.79. The Morgan fingerprint density at radius 2 is 2.00 bits per heavy atom. The molecule has 2 aromatic heterocycles. The highest BCUT2D eigenvalue weighted by atomic mass is 16.5. The first kappa shape index (κ1) is 19.6. The Kier molecular flexibility index (Phi) is 5.44. The molecule has 0 saturated carbocycles. The van der Waals surface area contributed by atoms with E-state index in [1.165, 1.54) is 0 Å². The smallest absolute Gasteiger partial charge is 0.316 e. The van der Waals surface area contributed by atoms with Gasteiger partial charge in [-0.05, 0) is 31.5 Å². The van der Waals surface area contributed by atoms with Crippen molar-refractivity contribution in [3.63, 3.8) is 0 Å². The number of rotatable bonds is 5. The first-order valence-electron chi connectivity index (χ1n) is 9.86. The quantitative estimate of drug-likeness (QED) is 0.644. The number of methoxy groups -OCH3 is 1. The molecule has 0 saturated heterocycles. The molecule has 1 aliphatic rings. The molecule has 0 fully saturated rings. The summed E-state index contributed by atoms with van der Waals surface area (Å²) in [7, 11) is 1.54. The summed E-state index contributed by atoms with van der Waals surface area (Å²) in [6, 6.07) is 8.66. The normalized spacial score (nSPS) is 12.8. The lowest BCUT2D eigenvalue weighted by Crippen LogP contribution is -2.33. The SMILES string of the molecule is CCN(c1cnc(OC)nc1)c1ncnc2c1CN(c1ccc(C)cc1C#N)CC2. The van der Waals surface area contributed by atoms with Crippen molar-refractivity contribution in [2.24, 2.45) is 0 Å². The number of hydrogen-bond acceptors (Lipinski definition) is 8. The molecule has 30 heavy (non-hydrogen) atoms. The van der Waals surface area contributed by atoms with Gasteiger partial charge in [-0.15, -0.1) is 0 Å². The number of fused-ring (bicyclic) bond motifs is 1. The molecule has 3 heterocycles. The van der Waals surface area contributed by atoms with Gasteiger partial charge in [0.25, 0.3) is 0 Å². The van der Waals surface area contributed by atoms with E-state index in [0.29, 0.717) is 24.7 Å². The summed E-state index contributed by atoms with van der Waals surface area (Å²) < 4.78 is 5.07. The largest absolute Gasteiger partial charge is 0.467 e. The van der Waals surface area contributed by atoms with Crippen molar-refractivity contribution >= 4 is 17.2 Å². The van der Waals surface area contributed by atoms with Crippen molar-refractivity contribution in [3.8, 4) is 12.1 Å². The zero-order chi connectivity index (χ0) is 21.1. The molecule has 0 radical (unpaired) electrons. The van der Waals surface area contributed by atoms with Gasteiger partial charge in [-0.3, -0.25) is 0 Å². The van der Waals surface area contributed by atoms with Gasteiger partial charge in [0.2, 0.25) is 0 Å². The van der Waals surface area contributed by atoms with Crippen molar-refractivity contribution in [2.45, 2.75) is 26.8 Å². The van der Waals surface area contributed by atoms with Gasteiger partial charge in [0.1, 0.15) is 18.2 Å². The molecule has 4 rings (SSSR count). The number of anilines is 3. The van der Waals surface area contributed by atoms with E-state index in [9.17, 15) is 5.26 Å². The first-order valence-corrected chi connectivity index (χ1v) is 9.86. The molecule has 0 aliphatic carbocycles. The standard InChI is InChI=1S/C22H23N7O/c1-4-29(17-11-24-22(30-3)25-12-17)21-18-13-28(8-7-19(18)26-14-27-21)20-6-5-15(2)9-16(20)10-23/h5-6,9,11-12,14H,4,7-8,13H2,1-3H3. The fourth-order valence-electron chi connectivity index (χ4n) is 3.79. The van der Waals surface area contributed by atoms with Crippen molar-refractivity contribution < 1.29 is 4.74 Å². The number of hydrogen-bond donors (Lipinski definition) is 0. The van der Waals surface area contributed by atoms with Crippen LogP contribution in [0.4, 0.5) is 17.2 Å². The van der Waals surface area contributed by atoms with Crippen LogP contribution in [-0.4, -0.2) is 40.1 Å². The molecule has 0 unspecified atom stereocenters. The Bertz CT molecular complexity index is 1090. The van der Waals surface area contributed by atoms with E-state index >= 15 is 0 Å². The molecular formula is C22H23N7O. The number of nitrogens with zero attached hydrogens (tertiary/aromatic N) is 7. The van der Waals surface area contributed by atoms with Crippen molar-refractivity contribution in [1.29, 1.82) is 5.26 Å². The maximum Gasteiger partial charge on any atom is 0.316 e. The van der Waals surface area contributed by atoms with Crippen LogP contribution in [0.5, 0.6) is 6.01 Å². The van der Waals surface area contributed by atoms with Gasteiger partial charge in [-0.1, -0.05) is 6.07 Å². The number of aromatic nitrogens is 4. The zero-order valence-corrected chi connectivity index (χ0v) is 17.3. The molecule has 0 bridgehead atoms. The van der Waals surface area contributed by atoms with Crippen LogP contribution in [-0.2, 0) is 13.0 Å². The Morgan fingerprint density at radius 1 is 1.20 bits per heavy atom. The van der Waals surface area contributed by atoms with E-state index < -0.39 is 0 Å². The van der Waals surface area contributed by atoms with Crippen LogP contribution in [0.25, 0.3) is 0 Å². The van der Waals surface area contributed by atoms with E-state index in [1.807, 2.05) is 25.1 Å². The second kappa shape index (κ2) is 8.33. The van der Waals surface area contributed by atoms with Crippen molar-refractivity contribution in [3.05, 3.63) is 59.3 Å². The molecule has 0 atom stereocenters. The minimum atomic E-state index is 0.328. The highest BCUT2D eigenvalue weighted by Crippen LogP contribution is 2.33. The van der Waals surface area contributed by atoms with Gasteiger partial charge in [0.05, 0.1) is 42.1 Å². The molecule has 0 N–H and O–H groups in total. The van der Waals surface area contributed by atoms with Gasteiger partial charge >= 0.3 is 6.01 Å². The van der Waals surface area contributed by atoms with Gasteiger partial charge in [0.15, 0.2) is 0 Å². The number of benzene rings is 1. The predicted octanol–water partition coefficient (Wildman–Crippen LogP) is 3.18. The van der Waals surface area contributed by atoms with E-state index in [4.69, 9.17) is 4.74 Å². The van der Waals surface area contributed by atoms with Crippen LogP contribution in [0.2, 0.25) is 0 Å². The average Bonchev–Trinajstić information content (AvgIpc) is 2.79. The monoisotopic (exact) mass is 401 g/mol. The number of ether oxygens (including phenoxy) is 1. The van der Waals surface area contributed by atoms with E-state index in [2.05, 4.69) is 42.7 Å². The maximum absolute atomic E-state index is 9.61. The summed E-state index contributed by atoms with van der Waals surface area (Å²) in [6.45, 7) is 6.20. The Labute approximate surface area is 175 Å². The summed E-state index contributed by atoms with van der Waals surface area (Å²) in [5.41, 5.74) is 5.64. The zero-order valence-electron chi connectivity index (χ0n) is 17.3. The molecule has 152 valence electrons. The Hall–Kier alpha value is -3.73. The van der Waals surface area contributed by atoms with E-state index in [-0.39, 0.29) is 0 Å². The molecule has 1 aliphatic heterocycles. The van der Waals surface area contributed by atoms with Crippen LogP contribution in [0.3, 0.4) is 0 Å². The second-order valence-electron chi connectivity index (χ2n) is 7.10. The molecule has 0 amide bonds. The summed E-state index contributed by atoms with van der Waals surface area (Å²) in [6.07, 6.45) is 5.88. The van der Waals surface area contributed by atoms with Crippen molar-refractivity contribution in [2.75, 3.05) is 30.0 Å². The van der Waals surface area contributed by atoms with Gasteiger partial charge in [-0.25, -0.2) is 19.9 Å². The molecule has 0 spiro atoms. The summed E-state index contributed by atoms with van der Waals surface area (Å²) in [4.78, 5) is 21.9. The lowest BCUT2D eigenvalue weighted by Gasteiger charge is -2.33. The first-order chi connectivity index (χ1) is 14.6. The van der Waals surface area contributed by atoms with Gasteiger partial charge in [0, 0.05) is 31.6 Å². The highest BCUT2D eigenvalue weighted by Gasteiger charge is 2.25. The van der Waals surface area contributed by atoms with Gasteiger partial charge in [-0.2, -0.15) is 5.26 Å². The third-order valence-electron chi connectivity index (χ3n) is 5.27. The summed E-state index contributed by atoms with van der Waals surface area (Å²) in [5, 5.41) is 9.61. The number of aryl methyl sites for hydroxylation is 1. The molecule has 8 heteroatoms. The maximum atomic E-state index is 9.61. The minimum absolute atomic E-state index is 0.328. The molecule has 1 aromatic carbocycles. The number of nitriles is 1. The van der Waals surface area contributed by atoms with E-state index in [1.54, 1.807) is 25.8 Å². The predicted molar refractivity (Wildman–Crippen MR) is 114 cm³/mol. The minimum Gasteiger partial charge on any atom is -0.467 e. The van der Waals surface area contributed by atoms with Crippen LogP contribution < -0.4 is 14.5 Å². The van der Waals surface area contributed by atoms with E-state index in [0.717, 1.165) is 47.0 Å². The van der Waals surface area contributed by atoms with Crippen LogP contribution in [0.1, 0.15) is 29.3 Å². The van der Waals surface area contributed by atoms with Crippen LogP contribution in [0, 0.1) is 18.3 Å². The van der Waals surface area contributed by atoms with Crippen molar-refractivity contribution in [1.82, 2.24) is 19.9 Å². The fraction of sp³-hybridized carbons (Fsp3) is 0.318. The van der Waals surface area contributed by atoms with Crippen LogP contribution in [0.15, 0.2) is 36.9 Å². The van der Waals surface area contributed by atoms with Crippen LogP contribution >= 0.6 is 0 Å². The third kappa shape index (κ3) is 3.62. The summed E-state index contributed by atoms with van der Waals surface area (Å²) >= 11 is 0.